The van der Waals surface area contributed by atoms with Gasteiger partial charge in [0.15, 0.2) is 0 Å². The molecule has 0 unspecified atom stereocenters. The van der Waals surface area contributed by atoms with Crippen molar-refractivity contribution in [2.75, 3.05) is 0 Å². The van der Waals surface area contributed by atoms with Crippen molar-refractivity contribution in [1.29, 1.82) is 0 Å². The van der Waals surface area contributed by atoms with Crippen LogP contribution in [-0.2, 0) is 11.3 Å². The zero-order valence-electron chi connectivity index (χ0n) is 11.5. The summed E-state index contributed by atoms with van der Waals surface area (Å²) in [6.07, 6.45) is 9.77. The second kappa shape index (κ2) is 6.08. The third-order valence-corrected chi connectivity index (χ3v) is 5.26. The van der Waals surface area contributed by atoms with Gasteiger partial charge in [0.2, 0.25) is 5.91 Å². The summed E-state index contributed by atoms with van der Waals surface area (Å²) in [5.74, 6) is 1.06. The Morgan fingerprint density at radius 3 is 2.63 bits per heavy atom. The molecule has 0 saturated heterocycles. The highest BCUT2D eigenvalue weighted by Gasteiger charge is 2.33. The van der Waals surface area contributed by atoms with Crippen LogP contribution in [0.4, 0.5) is 0 Å². The predicted molar refractivity (Wildman–Crippen MR) is 79.1 cm³/mol. The van der Waals surface area contributed by atoms with Crippen LogP contribution in [0.3, 0.4) is 0 Å². The molecule has 0 spiro atoms. The van der Waals surface area contributed by atoms with Crippen LogP contribution in [0.25, 0.3) is 0 Å². The molecule has 2 nitrogen and oxygen atoms in total. The first kappa shape index (κ1) is 13.2. The van der Waals surface area contributed by atoms with E-state index < -0.39 is 0 Å². The van der Waals surface area contributed by atoms with Crippen molar-refractivity contribution in [3.8, 4) is 0 Å². The summed E-state index contributed by atoms with van der Waals surface area (Å²) >= 11 is 1.77. The van der Waals surface area contributed by atoms with Crippen LogP contribution >= 0.6 is 11.3 Å². The number of hydrogen-bond acceptors (Lipinski definition) is 2. The topological polar surface area (TPSA) is 20.3 Å². The number of hydrogen-bond donors (Lipinski definition) is 0. The van der Waals surface area contributed by atoms with E-state index in [1.807, 2.05) is 0 Å². The lowest BCUT2D eigenvalue weighted by Gasteiger charge is -2.26. The van der Waals surface area contributed by atoms with E-state index in [0.29, 0.717) is 17.9 Å². The lowest BCUT2D eigenvalue weighted by atomic mass is 9.86. The third kappa shape index (κ3) is 3.59. The molecule has 3 rings (SSSR count). The quantitative estimate of drug-likeness (QED) is 0.789. The largest absolute Gasteiger partial charge is 0.335 e. The van der Waals surface area contributed by atoms with Crippen LogP contribution in [-0.4, -0.2) is 16.8 Å². The van der Waals surface area contributed by atoms with Crippen molar-refractivity contribution in [2.45, 2.75) is 64.0 Å². The molecule has 2 aliphatic rings. The Morgan fingerprint density at radius 1 is 1.21 bits per heavy atom. The third-order valence-electron chi connectivity index (χ3n) is 4.40. The van der Waals surface area contributed by atoms with E-state index in [2.05, 4.69) is 22.4 Å². The van der Waals surface area contributed by atoms with E-state index in [1.165, 1.54) is 49.8 Å². The Balaban J connectivity index is 1.57. The highest BCUT2D eigenvalue weighted by Crippen LogP contribution is 2.32. The highest BCUT2D eigenvalue weighted by atomic mass is 32.1. The summed E-state index contributed by atoms with van der Waals surface area (Å²) in [6, 6.07) is 4.77. The average molecular weight is 277 g/mol. The van der Waals surface area contributed by atoms with Crippen LogP contribution in [0.15, 0.2) is 17.5 Å². The highest BCUT2D eigenvalue weighted by molar-refractivity contribution is 7.09. The van der Waals surface area contributed by atoms with Gasteiger partial charge in [-0.1, -0.05) is 25.3 Å². The minimum atomic E-state index is 0.405. The van der Waals surface area contributed by atoms with Gasteiger partial charge in [-0.15, -0.1) is 11.3 Å². The number of nitrogens with zero attached hydrogens (tertiary/aromatic N) is 1. The van der Waals surface area contributed by atoms with Gasteiger partial charge in [-0.05, 0) is 43.0 Å². The second-order valence-electron chi connectivity index (χ2n) is 6.04. The van der Waals surface area contributed by atoms with E-state index >= 15 is 0 Å². The van der Waals surface area contributed by atoms with E-state index in [-0.39, 0.29) is 0 Å². The smallest absolute Gasteiger partial charge is 0.223 e. The summed E-state index contributed by atoms with van der Waals surface area (Å²) in [4.78, 5) is 16.0. The SMILES string of the molecule is O=C(CC1CCCCC1)N(Cc1cccs1)C1CC1. The van der Waals surface area contributed by atoms with Crippen molar-refractivity contribution in [3.63, 3.8) is 0 Å². The molecule has 19 heavy (non-hydrogen) atoms. The molecule has 0 radical (unpaired) electrons. The molecule has 1 aromatic heterocycles. The number of amides is 1. The maximum atomic E-state index is 12.5. The normalized spacial score (nSPS) is 20.4. The number of carbonyl (C=O) groups excluding carboxylic acids is 1. The van der Waals surface area contributed by atoms with Crippen LogP contribution in [0, 0.1) is 5.92 Å². The molecule has 3 heteroatoms. The Morgan fingerprint density at radius 2 is 2.00 bits per heavy atom. The zero-order chi connectivity index (χ0) is 13.1. The van der Waals surface area contributed by atoms with Gasteiger partial charge in [0.1, 0.15) is 0 Å². The second-order valence-corrected chi connectivity index (χ2v) is 7.07. The van der Waals surface area contributed by atoms with Gasteiger partial charge in [-0.3, -0.25) is 4.79 Å². The van der Waals surface area contributed by atoms with Gasteiger partial charge >= 0.3 is 0 Å². The molecule has 1 heterocycles. The Bertz CT molecular complexity index is 404. The van der Waals surface area contributed by atoms with Crippen molar-refractivity contribution in [2.24, 2.45) is 5.92 Å². The van der Waals surface area contributed by atoms with Crippen molar-refractivity contribution >= 4 is 17.2 Å². The molecule has 0 aliphatic heterocycles. The summed E-state index contributed by atoms with van der Waals surface area (Å²) in [7, 11) is 0. The molecule has 1 aromatic rings. The van der Waals surface area contributed by atoms with Crippen LogP contribution in [0.2, 0.25) is 0 Å². The van der Waals surface area contributed by atoms with E-state index in [1.54, 1.807) is 11.3 Å². The van der Waals surface area contributed by atoms with Crippen molar-refractivity contribution in [3.05, 3.63) is 22.4 Å². The summed E-state index contributed by atoms with van der Waals surface area (Å²) in [5.41, 5.74) is 0. The standard InChI is InChI=1S/C16H23NOS/c18-16(11-13-5-2-1-3-6-13)17(14-8-9-14)12-15-7-4-10-19-15/h4,7,10,13-14H,1-3,5-6,8-9,11-12H2. The number of carbonyl (C=O) groups is 1. The molecule has 0 atom stereocenters. The lowest BCUT2D eigenvalue weighted by Crippen LogP contribution is -2.33. The molecule has 0 N–H and O–H groups in total. The molecule has 0 aromatic carbocycles. The molecule has 0 bridgehead atoms. The fourth-order valence-electron chi connectivity index (χ4n) is 3.13. The molecule has 2 saturated carbocycles. The minimum Gasteiger partial charge on any atom is -0.335 e. The zero-order valence-corrected chi connectivity index (χ0v) is 12.3. The molecule has 1 amide bonds. The van der Waals surface area contributed by atoms with Crippen LogP contribution < -0.4 is 0 Å². The predicted octanol–water partition coefficient (Wildman–Crippen LogP) is 4.21. The summed E-state index contributed by atoms with van der Waals surface area (Å²) in [5, 5.41) is 2.10. The summed E-state index contributed by atoms with van der Waals surface area (Å²) < 4.78 is 0. The molecule has 104 valence electrons. The van der Waals surface area contributed by atoms with Gasteiger partial charge in [0.25, 0.3) is 0 Å². The lowest BCUT2D eigenvalue weighted by molar-refractivity contribution is -0.133. The van der Waals surface area contributed by atoms with Crippen LogP contribution in [0.5, 0.6) is 0 Å². The molecular formula is C16H23NOS. The van der Waals surface area contributed by atoms with Gasteiger partial charge in [0, 0.05) is 17.3 Å². The number of thiophene rings is 1. The maximum Gasteiger partial charge on any atom is 0.223 e. The van der Waals surface area contributed by atoms with E-state index in [9.17, 15) is 4.79 Å². The fraction of sp³-hybridized carbons (Fsp3) is 0.688. The van der Waals surface area contributed by atoms with Crippen molar-refractivity contribution < 1.29 is 4.79 Å². The average Bonchev–Trinajstić information content (AvgIpc) is 3.14. The fourth-order valence-corrected chi connectivity index (χ4v) is 3.84. The maximum absolute atomic E-state index is 12.5. The molecular weight excluding hydrogens is 254 g/mol. The molecule has 2 fully saturated rings. The monoisotopic (exact) mass is 277 g/mol. The van der Waals surface area contributed by atoms with Gasteiger partial charge in [-0.2, -0.15) is 0 Å². The van der Waals surface area contributed by atoms with Gasteiger partial charge in [0.05, 0.1) is 6.54 Å². The van der Waals surface area contributed by atoms with Crippen LogP contribution in [0.1, 0.15) is 56.2 Å². The Hall–Kier alpha value is -0.830. The first-order chi connectivity index (χ1) is 9.33. The van der Waals surface area contributed by atoms with E-state index in [4.69, 9.17) is 0 Å². The Kier molecular flexibility index (Phi) is 4.21. The van der Waals surface area contributed by atoms with E-state index in [0.717, 1.165) is 13.0 Å². The van der Waals surface area contributed by atoms with Crippen molar-refractivity contribution in [1.82, 2.24) is 4.90 Å². The first-order valence-electron chi connectivity index (χ1n) is 7.65. The van der Waals surface area contributed by atoms with Gasteiger partial charge in [-0.25, -0.2) is 0 Å². The Labute approximate surface area is 119 Å². The first-order valence-corrected chi connectivity index (χ1v) is 8.53. The minimum absolute atomic E-state index is 0.405. The molecule has 2 aliphatic carbocycles. The summed E-state index contributed by atoms with van der Waals surface area (Å²) in [6.45, 7) is 0.841. The van der Waals surface area contributed by atoms with Gasteiger partial charge < -0.3 is 4.90 Å². The number of rotatable bonds is 5.